The van der Waals surface area contributed by atoms with Crippen molar-refractivity contribution in [2.24, 2.45) is 11.7 Å². The van der Waals surface area contributed by atoms with Crippen LogP contribution in [0.1, 0.15) is 49.6 Å². The fourth-order valence-corrected chi connectivity index (χ4v) is 5.97. The van der Waals surface area contributed by atoms with Gasteiger partial charge in [-0.2, -0.15) is 5.10 Å². The van der Waals surface area contributed by atoms with E-state index in [1.807, 2.05) is 0 Å². The van der Waals surface area contributed by atoms with E-state index in [1.54, 1.807) is 23.1 Å². The summed E-state index contributed by atoms with van der Waals surface area (Å²) in [6.07, 6.45) is 2.93. The van der Waals surface area contributed by atoms with Crippen LogP contribution in [0.25, 0.3) is 10.9 Å². The molecular weight excluding hydrogens is 501 g/mol. The number of nitrogens with one attached hydrogen (secondary N) is 1. The lowest BCUT2D eigenvalue weighted by atomic mass is 9.84. The molecule has 0 radical (unpaired) electrons. The molecule has 1 aliphatic heterocycles. The zero-order valence-corrected chi connectivity index (χ0v) is 20.9. The quantitative estimate of drug-likeness (QED) is 0.363. The number of benzene rings is 2. The number of phenolic OH excluding ortho intramolecular Hbond substituents is 1. The Balaban J connectivity index is 1.40. The summed E-state index contributed by atoms with van der Waals surface area (Å²) in [6.45, 7) is -0.234. The van der Waals surface area contributed by atoms with Gasteiger partial charge in [-0.1, -0.05) is 36.6 Å². The fourth-order valence-electron chi connectivity index (χ4n) is 5.77. The van der Waals surface area contributed by atoms with Crippen molar-refractivity contribution in [2.75, 3.05) is 0 Å². The zero-order valence-electron chi connectivity index (χ0n) is 20.1. The van der Waals surface area contributed by atoms with Crippen molar-refractivity contribution in [2.45, 2.75) is 63.5 Å². The van der Waals surface area contributed by atoms with Gasteiger partial charge in [0.2, 0.25) is 11.8 Å². The van der Waals surface area contributed by atoms with Crippen molar-refractivity contribution in [3.8, 4) is 5.75 Å². The number of nitrogens with zero attached hydrogens (tertiary/aromatic N) is 3. The Kier molecular flexibility index (Phi) is 7.06. The van der Waals surface area contributed by atoms with Crippen molar-refractivity contribution >= 4 is 34.3 Å². The van der Waals surface area contributed by atoms with Crippen LogP contribution in [0, 0.1) is 11.7 Å². The highest BCUT2D eigenvalue weighted by molar-refractivity contribution is 6.30. The molecule has 0 bridgehead atoms. The van der Waals surface area contributed by atoms with Gasteiger partial charge in [-0.15, -0.1) is 0 Å². The highest BCUT2D eigenvalue weighted by atomic mass is 35.5. The normalized spacial score (nSPS) is 22.2. The number of aromatic nitrogens is 2. The Morgan fingerprint density at radius 2 is 2.03 bits per heavy atom. The molecule has 1 aliphatic carbocycles. The predicted molar refractivity (Wildman–Crippen MR) is 135 cm³/mol. The van der Waals surface area contributed by atoms with Crippen molar-refractivity contribution < 1.29 is 24.2 Å². The number of aliphatic hydroxyl groups is 1. The Morgan fingerprint density at radius 3 is 2.81 bits per heavy atom. The summed E-state index contributed by atoms with van der Waals surface area (Å²) >= 11 is 5.87. The Bertz CT molecular complexity index is 1350. The van der Waals surface area contributed by atoms with Crippen LogP contribution >= 0.6 is 11.6 Å². The number of carbonyl (C=O) groups excluding carboxylic acids is 2. The highest BCUT2D eigenvalue weighted by Crippen LogP contribution is 2.40. The number of likely N-dealkylation sites (tertiary alicyclic amines) is 1. The molecule has 4 atom stereocenters. The SMILES string of the molecule is NC(O)c1nn(CC(=O)N2[C@@H]3CCCC[C@@H]3C[C@H]2C(=O)NCc2cccc(Cl)c2F)c2cc(O)ccc12. The van der Waals surface area contributed by atoms with Gasteiger partial charge in [0.1, 0.15) is 36.1 Å². The van der Waals surface area contributed by atoms with Gasteiger partial charge in [0.05, 0.1) is 10.5 Å². The van der Waals surface area contributed by atoms with E-state index in [4.69, 9.17) is 17.3 Å². The average Bonchev–Trinajstić information content (AvgIpc) is 3.43. The summed E-state index contributed by atoms with van der Waals surface area (Å²) in [5.41, 5.74) is 6.58. The summed E-state index contributed by atoms with van der Waals surface area (Å²) < 4.78 is 15.7. The first-order valence-corrected chi connectivity index (χ1v) is 12.8. The first-order valence-electron chi connectivity index (χ1n) is 12.4. The number of halogens is 2. The third-order valence-corrected chi connectivity index (χ3v) is 7.78. The van der Waals surface area contributed by atoms with Crippen LogP contribution in [0.2, 0.25) is 5.02 Å². The van der Waals surface area contributed by atoms with Crippen LogP contribution < -0.4 is 11.1 Å². The van der Waals surface area contributed by atoms with Crippen LogP contribution in [0.15, 0.2) is 36.4 Å². The number of hydrogen-bond acceptors (Lipinski definition) is 6. The van der Waals surface area contributed by atoms with E-state index < -0.39 is 18.1 Å². The average molecular weight is 530 g/mol. The molecule has 2 amide bonds. The minimum atomic E-state index is -1.36. The number of carbonyl (C=O) groups is 2. The van der Waals surface area contributed by atoms with Gasteiger partial charge in [-0.25, -0.2) is 4.39 Å². The number of amides is 2. The van der Waals surface area contributed by atoms with E-state index in [1.165, 1.54) is 22.9 Å². The molecule has 2 fully saturated rings. The van der Waals surface area contributed by atoms with Gasteiger partial charge in [0.25, 0.3) is 0 Å². The second kappa shape index (κ2) is 10.3. The van der Waals surface area contributed by atoms with E-state index in [2.05, 4.69) is 10.4 Å². The molecule has 0 spiro atoms. The molecule has 9 nitrogen and oxygen atoms in total. The van der Waals surface area contributed by atoms with Gasteiger partial charge in [-0.05, 0) is 43.4 Å². The van der Waals surface area contributed by atoms with Crippen LogP contribution in [0.4, 0.5) is 4.39 Å². The van der Waals surface area contributed by atoms with E-state index in [-0.39, 0.29) is 58.9 Å². The Hall–Kier alpha value is -3.21. The second-order valence-corrected chi connectivity index (χ2v) is 10.2. The van der Waals surface area contributed by atoms with Crippen molar-refractivity contribution in [3.05, 3.63) is 58.5 Å². The maximum absolute atomic E-state index is 14.3. The molecule has 1 aromatic heterocycles. The Labute approximate surface area is 218 Å². The fraction of sp³-hybridized carbons (Fsp3) is 0.423. The van der Waals surface area contributed by atoms with Crippen molar-refractivity contribution in [3.63, 3.8) is 0 Å². The Morgan fingerprint density at radius 1 is 1.24 bits per heavy atom. The number of hydrogen-bond donors (Lipinski definition) is 4. The van der Waals surface area contributed by atoms with Crippen molar-refractivity contribution in [1.82, 2.24) is 20.0 Å². The first kappa shape index (κ1) is 25.4. The number of rotatable bonds is 6. The molecule has 11 heteroatoms. The monoisotopic (exact) mass is 529 g/mol. The zero-order chi connectivity index (χ0) is 26.3. The minimum Gasteiger partial charge on any atom is -0.508 e. The largest absolute Gasteiger partial charge is 0.508 e. The smallest absolute Gasteiger partial charge is 0.245 e. The third-order valence-electron chi connectivity index (χ3n) is 7.49. The molecule has 196 valence electrons. The number of aliphatic hydroxyl groups excluding tert-OH is 1. The van der Waals surface area contributed by atoms with Gasteiger partial charge < -0.3 is 26.2 Å². The van der Waals surface area contributed by atoms with E-state index in [0.717, 1.165) is 25.7 Å². The van der Waals surface area contributed by atoms with Crippen molar-refractivity contribution in [1.29, 1.82) is 0 Å². The number of nitrogens with two attached hydrogens (primary N) is 1. The van der Waals surface area contributed by atoms with Gasteiger partial charge in [0.15, 0.2) is 0 Å². The summed E-state index contributed by atoms with van der Waals surface area (Å²) in [4.78, 5) is 28.7. The lowest BCUT2D eigenvalue weighted by Crippen LogP contribution is -2.50. The molecular formula is C26H29ClFN5O4. The predicted octanol–water partition coefficient (Wildman–Crippen LogP) is 2.96. The maximum atomic E-state index is 14.3. The molecule has 1 saturated heterocycles. The third kappa shape index (κ3) is 4.88. The molecule has 2 aromatic carbocycles. The molecule has 5 N–H and O–H groups in total. The summed E-state index contributed by atoms with van der Waals surface area (Å²) in [5.74, 6) is -1.03. The maximum Gasteiger partial charge on any atom is 0.245 e. The highest BCUT2D eigenvalue weighted by Gasteiger charge is 2.47. The number of fused-ring (bicyclic) bond motifs is 2. The van der Waals surface area contributed by atoms with Gasteiger partial charge in [0, 0.05) is 29.6 Å². The van der Waals surface area contributed by atoms with Crippen LogP contribution in [-0.4, -0.2) is 48.8 Å². The molecule has 3 aromatic rings. The molecule has 37 heavy (non-hydrogen) atoms. The molecule has 1 unspecified atom stereocenters. The van der Waals surface area contributed by atoms with Gasteiger partial charge in [-0.3, -0.25) is 14.3 Å². The first-order chi connectivity index (χ1) is 17.7. The number of aromatic hydroxyl groups is 1. The number of phenols is 1. The van der Waals surface area contributed by atoms with E-state index >= 15 is 0 Å². The van der Waals surface area contributed by atoms with Gasteiger partial charge >= 0.3 is 0 Å². The van der Waals surface area contributed by atoms with E-state index in [0.29, 0.717) is 17.3 Å². The van der Waals surface area contributed by atoms with Crippen LogP contribution in [0.5, 0.6) is 5.75 Å². The molecule has 1 saturated carbocycles. The second-order valence-electron chi connectivity index (χ2n) is 9.78. The van der Waals surface area contributed by atoms with E-state index in [9.17, 15) is 24.2 Å². The lowest BCUT2D eigenvalue weighted by molar-refractivity contribution is -0.141. The van der Waals surface area contributed by atoms with Crippen LogP contribution in [0.3, 0.4) is 0 Å². The van der Waals surface area contributed by atoms with Crippen LogP contribution in [-0.2, 0) is 22.7 Å². The topological polar surface area (TPSA) is 134 Å². The molecule has 2 aliphatic rings. The molecule has 2 heterocycles. The summed E-state index contributed by atoms with van der Waals surface area (Å²) in [6, 6.07) is 8.34. The molecule has 5 rings (SSSR count). The summed E-state index contributed by atoms with van der Waals surface area (Å²) in [7, 11) is 0. The lowest BCUT2D eigenvalue weighted by Gasteiger charge is -2.33. The minimum absolute atomic E-state index is 0.0156. The standard InChI is InChI=1S/C26H29ClFN5O4/c27-18-6-3-5-15(23(18)28)12-30-26(37)21-10-14-4-1-2-7-19(14)33(21)22(35)13-32-20-11-16(34)8-9-17(20)24(31-32)25(29)36/h3,5-6,8-9,11,14,19,21,25,34,36H,1-2,4,7,10,12-13,29H2,(H,30,37)/t14-,19-,21+,25?/m1/s1. The summed E-state index contributed by atoms with van der Waals surface area (Å²) in [5, 5.41) is 27.6.